The third kappa shape index (κ3) is 2.08. The summed E-state index contributed by atoms with van der Waals surface area (Å²) in [5, 5.41) is 0.705. The van der Waals surface area contributed by atoms with Crippen LogP contribution in [0, 0.1) is 5.41 Å². The molecule has 1 rings (SSSR count). The summed E-state index contributed by atoms with van der Waals surface area (Å²) in [6, 6.07) is 0. The first-order chi connectivity index (χ1) is 5.04. The summed E-state index contributed by atoms with van der Waals surface area (Å²) in [6.07, 6.45) is 2.08. The molecule has 0 heterocycles. The van der Waals surface area contributed by atoms with E-state index in [1.807, 2.05) is 6.26 Å². The molecule has 1 aliphatic rings. The molecular weight excluding hydrogens is 234 g/mol. The Morgan fingerprint density at radius 2 is 2.00 bits per heavy atom. The second kappa shape index (κ2) is 3.21. The van der Waals surface area contributed by atoms with Crippen LogP contribution in [0.1, 0.15) is 12.8 Å². The van der Waals surface area contributed by atoms with Crippen molar-refractivity contribution in [3.05, 3.63) is 0 Å². The van der Waals surface area contributed by atoms with Gasteiger partial charge in [-0.15, -0.1) is 0 Å². The fourth-order valence-corrected chi connectivity index (χ4v) is 3.36. The lowest BCUT2D eigenvalue weighted by Crippen LogP contribution is -2.48. The van der Waals surface area contributed by atoms with Gasteiger partial charge in [-0.05, 0) is 12.0 Å². The predicted octanol–water partition coefficient (Wildman–Crippen LogP) is 3.16. The minimum absolute atomic E-state index is 0.0616. The number of rotatable bonds is 3. The zero-order chi connectivity index (χ0) is 8.54. The van der Waals surface area contributed by atoms with Crippen molar-refractivity contribution >= 4 is 27.7 Å². The van der Waals surface area contributed by atoms with Crippen molar-refractivity contribution in [3.63, 3.8) is 0 Å². The summed E-state index contributed by atoms with van der Waals surface area (Å²) in [5.74, 6) is -1.54. The Bertz CT molecular complexity index is 141. The van der Waals surface area contributed by atoms with Gasteiger partial charge in [0.15, 0.2) is 0 Å². The van der Waals surface area contributed by atoms with Crippen molar-refractivity contribution in [2.24, 2.45) is 5.41 Å². The maximum atomic E-state index is 12.5. The van der Waals surface area contributed by atoms with E-state index in [0.717, 1.165) is 5.75 Å². The van der Waals surface area contributed by atoms with E-state index in [1.54, 1.807) is 11.8 Å². The molecule has 0 nitrogen and oxygen atoms in total. The maximum absolute atomic E-state index is 12.5. The summed E-state index contributed by atoms with van der Waals surface area (Å²) in [4.78, 5) is 0. The first-order valence-electron chi connectivity index (χ1n) is 3.46. The molecule has 0 spiro atoms. The highest BCUT2D eigenvalue weighted by Crippen LogP contribution is 2.53. The maximum Gasteiger partial charge on any atom is 0.249 e. The molecule has 0 amide bonds. The summed E-state index contributed by atoms with van der Waals surface area (Å²) in [6.45, 7) is 0. The smallest absolute Gasteiger partial charge is 0.207 e. The van der Waals surface area contributed by atoms with Crippen LogP contribution in [-0.4, -0.2) is 23.3 Å². The Morgan fingerprint density at radius 1 is 1.45 bits per heavy atom. The number of halogens is 3. The van der Waals surface area contributed by atoms with Crippen molar-refractivity contribution in [1.29, 1.82) is 0 Å². The Balaban J connectivity index is 2.43. The highest BCUT2D eigenvalue weighted by atomic mass is 79.9. The quantitative estimate of drug-likeness (QED) is 0.688. The molecular formula is C7H11BrF2S. The number of thioether (sulfide) groups is 1. The SMILES string of the molecule is CSCC1(CBr)CC(F)(F)C1. The van der Waals surface area contributed by atoms with Gasteiger partial charge >= 0.3 is 0 Å². The van der Waals surface area contributed by atoms with E-state index >= 15 is 0 Å². The zero-order valence-corrected chi connectivity index (χ0v) is 8.77. The Hall–Kier alpha value is 0.690. The molecule has 1 fully saturated rings. The molecule has 1 saturated carbocycles. The first kappa shape index (κ1) is 9.78. The fourth-order valence-electron chi connectivity index (χ4n) is 1.59. The second-order valence-corrected chi connectivity index (χ2v) is 4.70. The standard InChI is InChI=1S/C7H11BrF2S/c1-11-5-6(4-8)2-7(9,10)3-6/h2-5H2,1H3. The molecule has 0 aromatic heterocycles. The molecule has 0 saturated heterocycles. The van der Waals surface area contributed by atoms with Gasteiger partial charge in [0.05, 0.1) is 0 Å². The summed E-state index contributed by atoms with van der Waals surface area (Å²) >= 11 is 4.94. The van der Waals surface area contributed by atoms with Crippen LogP contribution in [0.25, 0.3) is 0 Å². The molecule has 0 bridgehead atoms. The average Bonchev–Trinajstić information content (AvgIpc) is 1.84. The van der Waals surface area contributed by atoms with E-state index < -0.39 is 5.92 Å². The predicted molar refractivity (Wildman–Crippen MR) is 48.8 cm³/mol. The lowest BCUT2D eigenvalue weighted by molar-refractivity contribution is -0.141. The van der Waals surface area contributed by atoms with Crippen LogP contribution in [0.15, 0.2) is 0 Å². The highest BCUT2D eigenvalue weighted by molar-refractivity contribution is 9.09. The van der Waals surface area contributed by atoms with Crippen LogP contribution in [0.5, 0.6) is 0 Å². The van der Waals surface area contributed by atoms with Gasteiger partial charge in [-0.3, -0.25) is 0 Å². The van der Waals surface area contributed by atoms with Crippen LogP contribution in [-0.2, 0) is 0 Å². The van der Waals surface area contributed by atoms with Crippen molar-refractivity contribution in [1.82, 2.24) is 0 Å². The van der Waals surface area contributed by atoms with E-state index in [2.05, 4.69) is 15.9 Å². The Morgan fingerprint density at radius 3 is 2.27 bits per heavy atom. The minimum Gasteiger partial charge on any atom is -0.207 e. The van der Waals surface area contributed by atoms with Gasteiger partial charge in [0.1, 0.15) is 0 Å². The third-order valence-corrected chi connectivity index (χ3v) is 4.09. The molecule has 0 aromatic rings. The summed E-state index contributed by atoms with van der Waals surface area (Å²) in [5.41, 5.74) is -0.122. The van der Waals surface area contributed by atoms with Gasteiger partial charge in [0, 0.05) is 23.6 Å². The normalized spacial score (nSPS) is 26.2. The Kier molecular flexibility index (Phi) is 2.85. The van der Waals surface area contributed by atoms with Crippen molar-refractivity contribution < 1.29 is 8.78 Å². The van der Waals surface area contributed by atoms with Crippen LogP contribution in [0.4, 0.5) is 8.78 Å². The van der Waals surface area contributed by atoms with Gasteiger partial charge < -0.3 is 0 Å². The van der Waals surface area contributed by atoms with Crippen LogP contribution < -0.4 is 0 Å². The van der Waals surface area contributed by atoms with Crippen LogP contribution >= 0.6 is 27.7 Å². The fraction of sp³-hybridized carbons (Fsp3) is 1.00. The monoisotopic (exact) mass is 244 g/mol. The van der Waals surface area contributed by atoms with E-state index in [-0.39, 0.29) is 18.3 Å². The molecule has 0 atom stereocenters. The zero-order valence-electron chi connectivity index (χ0n) is 6.37. The largest absolute Gasteiger partial charge is 0.249 e. The van der Waals surface area contributed by atoms with Gasteiger partial charge in [-0.1, -0.05) is 15.9 Å². The third-order valence-electron chi connectivity index (χ3n) is 2.00. The lowest BCUT2D eigenvalue weighted by atomic mass is 9.69. The lowest BCUT2D eigenvalue weighted by Gasteiger charge is -2.46. The first-order valence-corrected chi connectivity index (χ1v) is 5.98. The van der Waals surface area contributed by atoms with Crippen LogP contribution in [0.3, 0.4) is 0 Å². The van der Waals surface area contributed by atoms with E-state index in [1.165, 1.54) is 0 Å². The summed E-state index contributed by atoms with van der Waals surface area (Å²) in [7, 11) is 0. The molecule has 0 aromatic carbocycles. The average molecular weight is 245 g/mol. The molecule has 66 valence electrons. The topological polar surface area (TPSA) is 0 Å². The van der Waals surface area contributed by atoms with Gasteiger partial charge in [-0.2, -0.15) is 11.8 Å². The molecule has 0 radical (unpaired) electrons. The molecule has 4 heteroatoms. The van der Waals surface area contributed by atoms with Crippen molar-refractivity contribution in [2.75, 3.05) is 17.3 Å². The Labute approximate surface area is 78.2 Å². The highest BCUT2D eigenvalue weighted by Gasteiger charge is 2.55. The van der Waals surface area contributed by atoms with Gasteiger partial charge in [-0.25, -0.2) is 8.78 Å². The molecule has 0 unspecified atom stereocenters. The van der Waals surface area contributed by atoms with Gasteiger partial charge in [0.25, 0.3) is 0 Å². The number of hydrogen-bond donors (Lipinski definition) is 0. The molecule has 0 aliphatic heterocycles. The minimum atomic E-state index is -2.39. The molecule has 11 heavy (non-hydrogen) atoms. The van der Waals surface area contributed by atoms with Crippen molar-refractivity contribution in [2.45, 2.75) is 18.8 Å². The van der Waals surface area contributed by atoms with E-state index in [9.17, 15) is 8.78 Å². The molecule has 1 aliphatic carbocycles. The summed E-state index contributed by atoms with van der Waals surface area (Å²) < 4.78 is 25.0. The van der Waals surface area contributed by atoms with Crippen LogP contribution in [0.2, 0.25) is 0 Å². The molecule has 0 N–H and O–H groups in total. The second-order valence-electron chi connectivity index (χ2n) is 3.28. The van der Waals surface area contributed by atoms with Gasteiger partial charge in [0.2, 0.25) is 5.92 Å². The van der Waals surface area contributed by atoms with E-state index in [4.69, 9.17) is 0 Å². The number of hydrogen-bond acceptors (Lipinski definition) is 1. The van der Waals surface area contributed by atoms with Crippen molar-refractivity contribution in [3.8, 4) is 0 Å². The number of alkyl halides is 3. The van der Waals surface area contributed by atoms with E-state index in [0.29, 0.717) is 5.33 Å².